The average molecular weight is 331 g/mol. The molecule has 0 radical (unpaired) electrons. The number of hydrogen-bond donors (Lipinski definition) is 2. The molecule has 0 atom stereocenters. The minimum Gasteiger partial charge on any atom is -0.326 e. The first kappa shape index (κ1) is 18.5. The van der Waals surface area contributed by atoms with E-state index in [1.54, 1.807) is 0 Å². The Labute approximate surface area is 144 Å². The highest BCUT2D eigenvalue weighted by Gasteiger charge is 2.19. The van der Waals surface area contributed by atoms with Crippen molar-refractivity contribution in [2.75, 3.05) is 24.2 Å². The molecule has 2 rings (SSSR count). The molecule has 0 aliphatic heterocycles. The van der Waals surface area contributed by atoms with Crippen LogP contribution in [0.25, 0.3) is 0 Å². The molecule has 0 spiro atoms. The van der Waals surface area contributed by atoms with Crippen molar-refractivity contribution >= 4 is 23.2 Å². The number of hydrogen-bond acceptors (Lipinski definition) is 3. The van der Waals surface area contributed by atoms with Gasteiger partial charge in [-0.3, -0.25) is 14.5 Å². The maximum atomic E-state index is 12.3. The fraction of sp³-hybridized carbons (Fsp3) is 0.579. The summed E-state index contributed by atoms with van der Waals surface area (Å²) in [5.74, 6) is -0.0432. The Balaban J connectivity index is 1.93. The van der Waals surface area contributed by atoms with Crippen molar-refractivity contribution in [2.24, 2.45) is 0 Å². The van der Waals surface area contributed by atoms with Crippen LogP contribution in [0.1, 0.15) is 51.0 Å². The number of carbonyl (C=O) groups is 2. The molecule has 1 aromatic carbocycles. The lowest BCUT2D eigenvalue weighted by molar-refractivity contribution is -0.117. The second kappa shape index (κ2) is 8.83. The van der Waals surface area contributed by atoms with Crippen molar-refractivity contribution in [3.8, 4) is 0 Å². The van der Waals surface area contributed by atoms with Gasteiger partial charge in [-0.05, 0) is 44.5 Å². The second-order valence-corrected chi connectivity index (χ2v) is 6.69. The lowest BCUT2D eigenvalue weighted by Crippen LogP contribution is -2.39. The van der Waals surface area contributed by atoms with Gasteiger partial charge in [-0.25, -0.2) is 0 Å². The smallest absolute Gasteiger partial charge is 0.238 e. The second-order valence-electron chi connectivity index (χ2n) is 6.69. The van der Waals surface area contributed by atoms with E-state index in [9.17, 15) is 9.59 Å². The van der Waals surface area contributed by atoms with Crippen molar-refractivity contribution in [2.45, 2.75) is 58.4 Å². The summed E-state index contributed by atoms with van der Waals surface area (Å²) < 4.78 is 0. The predicted molar refractivity (Wildman–Crippen MR) is 98.2 cm³/mol. The highest BCUT2D eigenvalue weighted by Crippen LogP contribution is 2.22. The maximum Gasteiger partial charge on any atom is 0.238 e. The molecule has 5 heteroatoms. The summed E-state index contributed by atoms with van der Waals surface area (Å²) in [6, 6.07) is 6.12. The van der Waals surface area contributed by atoms with Gasteiger partial charge in [0.05, 0.1) is 6.54 Å². The molecule has 1 aromatic rings. The predicted octanol–water partition coefficient (Wildman–Crippen LogP) is 3.55. The van der Waals surface area contributed by atoms with E-state index in [0.717, 1.165) is 11.3 Å². The third-order valence-corrected chi connectivity index (χ3v) is 4.71. The number of likely N-dealkylation sites (N-methyl/N-ethyl adjacent to an activating group) is 1. The zero-order valence-corrected chi connectivity index (χ0v) is 15.0. The molecule has 0 heterocycles. The molecule has 0 aromatic heterocycles. The van der Waals surface area contributed by atoms with Gasteiger partial charge >= 0.3 is 0 Å². The van der Waals surface area contributed by atoms with Crippen LogP contribution < -0.4 is 10.6 Å². The molecule has 1 fully saturated rings. The summed E-state index contributed by atoms with van der Waals surface area (Å²) >= 11 is 0. The van der Waals surface area contributed by atoms with Crippen LogP contribution in [0.3, 0.4) is 0 Å². The zero-order chi connectivity index (χ0) is 17.5. The van der Waals surface area contributed by atoms with Gasteiger partial charge in [0, 0.05) is 23.8 Å². The van der Waals surface area contributed by atoms with Crippen molar-refractivity contribution in [1.29, 1.82) is 0 Å². The maximum absolute atomic E-state index is 12.3. The van der Waals surface area contributed by atoms with E-state index in [1.165, 1.54) is 32.1 Å². The van der Waals surface area contributed by atoms with E-state index in [1.807, 2.05) is 39.1 Å². The Morgan fingerprint density at radius 3 is 2.50 bits per heavy atom. The summed E-state index contributed by atoms with van der Waals surface area (Å²) in [5.41, 5.74) is 2.45. The third kappa shape index (κ3) is 5.34. The van der Waals surface area contributed by atoms with Crippen molar-refractivity contribution in [3.63, 3.8) is 0 Å². The summed E-state index contributed by atoms with van der Waals surface area (Å²) in [4.78, 5) is 26.0. The van der Waals surface area contributed by atoms with Gasteiger partial charge in [-0.1, -0.05) is 32.3 Å². The van der Waals surface area contributed by atoms with Gasteiger partial charge in [0.15, 0.2) is 0 Å². The molecule has 1 saturated carbocycles. The standard InChI is InChI=1S/C19H29N3O2/c1-4-18(23)21-17-12-15(11-10-14(17)2)20-19(24)13-22(3)16-8-6-5-7-9-16/h10-12,16H,4-9,13H2,1-3H3,(H,20,24)(H,21,23). The normalized spacial score (nSPS) is 15.3. The van der Waals surface area contributed by atoms with Gasteiger partial charge in [0.1, 0.15) is 0 Å². The molecule has 0 bridgehead atoms. The average Bonchev–Trinajstić information content (AvgIpc) is 2.58. The lowest BCUT2D eigenvalue weighted by Gasteiger charge is -2.30. The topological polar surface area (TPSA) is 61.4 Å². The van der Waals surface area contributed by atoms with Crippen LogP contribution in [0.4, 0.5) is 11.4 Å². The first-order valence-corrected chi connectivity index (χ1v) is 8.90. The third-order valence-electron chi connectivity index (χ3n) is 4.71. The molecule has 2 amide bonds. The van der Waals surface area contributed by atoms with Crippen LogP contribution in [0.15, 0.2) is 18.2 Å². The molecule has 0 saturated heterocycles. The number of amides is 2. The van der Waals surface area contributed by atoms with Crippen LogP contribution in [0.2, 0.25) is 0 Å². The van der Waals surface area contributed by atoms with Gasteiger partial charge in [-0.15, -0.1) is 0 Å². The summed E-state index contributed by atoms with van der Waals surface area (Å²) in [5, 5.41) is 5.80. The van der Waals surface area contributed by atoms with Gasteiger partial charge in [0.25, 0.3) is 0 Å². The fourth-order valence-electron chi connectivity index (χ4n) is 3.15. The van der Waals surface area contributed by atoms with E-state index >= 15 is 0 Å². The van der Waals surface area contributed by atoms with Gasteiger partial charge in [0.2, 0.25) is 11.8 Å². The number of anilines is 2. The molecule has 1 aliphatic rings. The summed E-state index contributed by atoms with van der Waals surface area (Å²) in [6.45, 7) is 4.15. The monoisotopic (exact) mass is 331 g/mol. The number of carbonyl (C=O) groups excluding carboxylic acids is 2. The summed E-state index contributed by atoms with van der Waals surface area (Å²) in [7, 11) is 2.03. The molecular formula is C19H29N3O2. The van der Waals surface area contributed by atoms with Crippen LogP contribution in [-0.4, -0.2) is 36.3 Å². The van der Waals surface area contributed by atoms with E-state index < -0.39 is 0 Å². The van der Waals surface area contributed by atoms with Crippen LogP contribution in [0.5, 0.6) is 0 Å². The quantitative estimate of drug-likeness (QED) is 0.838. The first-order chi connectivity index (χ1) is 11.5. The number of aryl methyl sites for hydroxylation is 1. The lowest BCUT2D eigenvalue weighted by atomic mass is 9.94. The Bertz CT molecular complexity index is 580. The SMILES string of the molecule is CCC(=O)Nc1cc(NC(=O)CN(C)C2CCCCC2)ccc1C. The number of rotatable bonds is 6. The number of nitrogens with one attached hydrogen (secondary N) is 2. The van der Waals surface area contributed by atoms with Crippen LogP contribution >= 0.6 is 0 Å². The van der Waals surface area contributed by atoms with Crippen molar-refractivity contribution < 1.29 is 9.59 Å². The Hall–Kier alpha value is -1.88. The zero-order valence-electron chi connectivity index (χ0n) is 15.0. The van der Waals surface area contributed by atoms with Gasteiger partial charge < -0.3 is 10.6 Å². The fourth-order valence-corrected chi connectivity index (χ4v) is 3.15. The van der Waals surface area contributed by atoms with E-state index in [2.05, 4.69) is 15.5 Å². The van der Waals surface area contributed by atoms with Crippen molar-refractivity contribution in [1.82, 2.24) is 4.90 Å². The summed E-state index contributed by atoms with van der Waals surface area (Å²) in [6.07, 6.45) is 6.63. The molecule has 5 nitrogen and oxygen atoms in total. The highest BCUT2D eigenvalue weighted by atomic mass is 16.2. The molecule has 132 valence electrons. The first-order valence-electron chi connectivity index (χ1n) is 8.90. The van der Waals surface area contributed by atoms with Crippen LogP contribution in [0, 0.1) is 6.92 Å². The number of benzene rings is 1. The minimum absolute atomic E-state index is 0.0142. The van der Waals surface area contributed by atoms with E-state index in [0.29, 0.717) is 24.7 Å². The van der Waals surface area contributed by atoms with E-state index in [-0.39, 0.29) is 11.8 Å². The Kier molecular flexibility index (Phi) is 6.79. The molecular weight excluding hydrogens is 302 g/mol. The minimum atomic E-state index is -0.0291. The van der Waals surface area contributed by atoms with E-state index in [4.69, 9.17) is 0 Å². The molecule has 1 aliphatic carbocycles. The molecule has 0 unspecified atom stereocenters. The molecule has 24 heavy (non-hydrogen) atoms. The Morgan fingerprint density at radius 1 is 1.12 bits per heavy atom. The van der Waals surface area contributed by atoms with Crippen LogP contribution in [-0.2, 0) is 9.59 Å². The van der Waals surface area contributed by atoms with Gasteiger partial charge in [-0.2, -0.15) is 0 Å². The van der Waals surface area contributed by atoms with Crippen molar-refractivity contribution in [3.05, 3.63) is 23.8 Å². The highest BCUT2D eigenvalue weighted by molar-refractivity contribution is 5.95. The number of nitrogens with zero attached hydrogens (tertiary/aromatic N) is 1. The Morgan fingerprint density at radius 2 is 1.83 bits per heavy atom. The largest absolute Gasteiger partial charge is 0.326 e. The molecule has 2 N–H and O–H groups in total.